The lowest BCUT2D eigenvalue weighted by atomic mass is 9.93. The van der Waals surface area contributed by atoms with Crippen LogP contribution in [0.3, 0.4) is 0 Å². The van der Waals surface area contributed by atoms with Gasteiger partial charge in [-0.05, 0) is 52.2 Å². The zero-order valence-electron chi connectivity index (χ0n) is 12.3. The van der Waals surface area contributed by atoms with Crippen molar-refractivity contribution in [2.45, 2.75) is 57.0 Å². The van der Waals surface area contributed by atoms with Crippen LogP contribution in [0.15, 0.2) is 0 Å². The summed E-state index contributed by atoms with van der Waals surface area (Å²) < 4.78 is 0. The van der Waals surface area contributed by atoms with E-state index in [2.05, 4.69) is 23.9 Å². The molecule has 0 spiro atoms. The third-order valence-corrected chi connectivity index (χ3v) is 4.92. The maximum absolute atomic E-state index is 6.35. The molecule has 3 atom stereocenters. The summed E-state index contributed by atoms with van der Waals surface area (Å²) in [6, 6.07) is 1.20. The van der Waals surface area contributed by atoms with E-state index in [1.807, 2.05) is 0 Å². The van der Waals surface area contributed by atoms with Crippen LogP contribution in [-0.4, -0.2) is 55.6 Å². The molecular formula is C15H31N3. The predicted molar refractivity (Wildman–Crippen MR) is 77.7 cm³/mol. The van der Waals surface area contributed by atoms with Gasteiger partial charge in [0.1, 0.15) is 0 Å². The van der Waals surface area contributed by atoms with Crippen LogP contribution in [0.4, 0.5) is 0 Å². The SMILES string of the molecule is CN(C)C1CCCN(CC2CCCCCC2N)C1. The van der Waals surface area contributed by atoms with Crippen molar-refractivity contribution in [2.24, 2.45) is 11.7 Å². The van der Waals surface area contributed by atoms with Gasteiger partial charge in [0.2, 0.25) is 0 Å². The average Bonchev–Trinajstić information content (AvgIpc) is 2.55. The number of piperidine rings is 1. The van der Waals surface area contributed by atoms with Crippen LogP contribution in [0.1, 0.15) is 44.9 Å². The second-order valence-corrected chi connectivity index (χ2v) is 6.58. The molecule has 0 aromatic carbocycles. The Balaban J connectivity index is 1.83. The van der Waals surface area contributed by atoms with Crippen molar-refractivity contribution < 1.29 is 0 Å². The molecule has 1 saturated heterocycles. The number of likely N-dealkylation sites (tertiary alicyclic amines) is 1. The fourth-order valence-corrected chi connectivity index (χ4v) is 3.59. The molecule has 2 rings (SSSR count). The van der Waals surface area contributed by atoms with Crippen molar-refractivity contribution in [3.8, 4) is 0 Å². The molecule has 18 heavy (non-hydrogen) atoms. The van der Waals surface area contributed by atoms with Gasteiger partial charge in [0, 0.05) is 25.2 Å². The van der Waals surface area contributed by atoms with E-state index in [1.54, 1.807) is 0 Å². The lowest BCUT2D eigenvalue weighted by Crippen LogP contribution is -2.48. The molecule has 1 aliphatic heterocycles. The molecule has 2 fully saturated rings. The van der Waals surface area contributed by atoms with Gasteiger partial charge in [0.25, 0.3) is 0 Å². The first kappa shape index (κ1) is 14.3. The molecule has 3 unspecified atom stereocenters. The molecule has 0 aromatic rings. The van der Waals surface area contributed by atoms with Crippen molar-refractivity contribution >= 4 is 0 Å². The first-order valence-corrected chi connectivity index (χ1v) is 7.81. The zero-order valence-corrected chi connectivity index (χ0v) is 12.3. The standard InChI is InChI=1S/C15H31N3/c1-17(2)14-8-6-10-18(12-14)11-13-7-4-3-5-9-15(13)16/h13-15H,3-12,16H2,1-2H3. The number of likely N-dealkylation sites (N-methyl/N-ethyl adjacent to an activating group) is 1. The molecule has 106 valence electrons. The van der Waals surface area contributed by atoms with Crippen molar-refractivity contribution in [3.63, 3.8) is 0 Å². The molecule has 3 heteroatoms. The summed E-state index contributed by atoms with van der Waals surface area (Å²) in [7, 11) is 4.43. The molecule has 1 aliphatic carbocycles. The Bertz CT molecular complexity index is 242. The second-order valence-electron chi connectivity index (χ2n) is 6.58. The van der Waals surface area contributed by atoms with Crippen molar-refractivity contribution in [3.05, 3.63) is 0 Å². The predicted octanol–water partition coefficient (Wildman–Crippen LogP) is 1.92. The molecule has 1 saturated carbocycles. The third-order valence-electron chi connectivity index (χ3n) is 4.92. The minimum absolute atomic E-state index is 0.451. The monoisotopic (exact) mass is 253 g/mol. The second kappa shape index (κ2) is 6.88. The van der Waals surface area contributed by atoms with E-state index in [0.717, 1.165) is 12.0 Å². The normalized spacial score (nSPS) is 35.7. The third kappa shape index (κ3) is 3.94. The van der Waals surface area contributed by atoms with Crippen molar-refractivity contribution in [1.29, 1.82) is 0 Å². The Morgan fingerprint density at radius 2 is 1.83 bits per heavy atom. The summed E-state index contributed by atoms with van der Waals surface area (Å²) in [5.74, 6) is 0.744. The number of hydrogen-bond acceptors (Lipinski definition) is 3. The van der Waals surface area contributed by atoms with Gasteiger partial charge >= 0.3 is 0 Å². The Morgan fingerprint density at radius 1 is 1.06 bits per heavy atom. The Hall–Kier alpha value is -0.120. The minimum atomic E-state index is 0.451. The Morgan fingerprint density at radius 3 is 2.61 bits per heavy atom. The van der Waals surface area contributed by atoms with E-state index in [9.17, 15) is 0 Å². The van der Waals surface area contributed by atoms with E-state index in [-0.39, 0.29) is 0 Å². The maximum Gasteiger partial charge on any atom is 0.0217 e. The summed E-state index contributed by atoms with van der Waals surface area (Å²) in [5.41, 5.74) is 6.35. The highest BCUT2D eigenvalue weighted by atomic mass is 15.2. The molecule has 2 aliphatic rings. The van der Waals surface area contributed by atoms with E-state index in [1.165, 1.54) is 64.6 Å². The van der Waals surface area contributed by atoms with Crippen LogP contribution in [0, 0.1) is 5.92 Å². The topological polar surface area (TPSA) is 32.5 Å². The smallest absolute Gasteiger partial charge is 0.0217 e. The van der Waals surface area contributed by atoms with E-state index >= 15 is 0 Å². The average molecular weight is 253 g/mol. The summed E-state index contributed by atoms with van der Waals surface area (Å²) in [4.78, 5) is 5.06. The molecule has 0 bridgehead atoms. The Labute approximate surface area is 113 Å². The van der Waals surface area contributed by atoms with Gasteiger partial charge in [-0.25, -0.2) is 0 Å². The van der Waals surface area contributed by atoms with Gasteiger partial charge in [-0.3, -0.25) is 0 Å². The maximum atomic E-state index is 6.35. The molecule has 0 amide bonds. The molecule has 3 nitrogen and oxygen atoms in total. The highest BCUT2D eigenvalue weighted by Gasteiger charge is 2.26. The lowest BCUT2D eigenvalue weighted by Gasteiger charge is -2.38. The summed E-state index contributed by atoms with van der Waals surface area (Å²) in [5, 5.41) is 0. The zero-order chi connectivity index (χ0) is 13.0. The quantitative estimate of drug-likeness (QED) is 0.780. The largest absolute Gasteiger partial charge is 0.327 e. The first-order valence-electron chi connectivity index (χ1n) is 7.81. The van der Waals surface area contributed by atoms with Gasteiger partial charge in [0.15, 0.2) is 0 Å². The van der Waals surface area contributed by atoms with Crippen LogP contribution in [0.25, 0.3) is 0 Å². The van der Waals surface area contributed by atoms with Crippen molar-refractivity contribution in [2.75, 3.05) is 33.7 Å². The minimum Gasteiger partial charge on any atom is -0.327 e. The van der Waals surface area contributed by atoms with Gasteiger partial charge in [-0.1, -0.05) is 19.3 Å². The van der Waals surface area contributed by atoms with Crippen molar-refractivity contribution in [1.82, 2.24) is 9.80 Å². The molecule has 0 radical (unpaired) electrons. The van der Waals surface area contributed by atoms with E-state index in [4.69, 9.17) is 5.73 Å². The van der Waals surface area contributed by atoms with Crippen LogP contribution in [0.5, 0.6) is 0 Å². The van der Waals surface area contributed by atoms with E-state index < -0.39 is 0 Å². The highest BCUT2D eigenvalue weighted by molar-refractivity contribution is 4.83. The van der Waals surface area contributed by atoms with Gasteiger partial charge in [0.05, 0.1) is 0 Å². The molecule has 1 heterocycles. The number of nitrogens with two attached hydrogens (primary N) is 1. The summed E-state index contributed by atoms with van der Waals surface area (Å²) in [6.45, 7) is 3.77. The van der Waals surface area contributed by atoms with E-state index in [0.29, 0.717) is 6.04 Å². The molecule has 0 aromatic heterocycles. The fraction of sp³-hybridized carbons (Fsp3) is 1.00. The Kier molecular flexibility index (Phi) is 5.46. The van der Waals surface area contributed by atoms with Crippen LogP contribution in [0.2, 0.25) is 0 Å². The molecular weight excluding hydrogens is 222 g/mol. The van der Waals surface area contributed by atoms with Crippen LogP contribution in [-0.2, 0) is 0 Å². The summed E-state index contributed by atoms with van der Waals surface area (Å²) >= 11 is 0. The number of nitrogens with zero attached hydrogens (tertiary/aromatic N) is 2. The number of hydrogen-bond donors (Lipinski definition) is 1. The van der Waals surface area contributed by atoms with Gasteiger partial charge < -0.3 is 15.5 Å². The molecule has 2 N–H and O–H groups in total. The lowest BCUT2D eigenvalue weighted by molar-refractivity contribution is 0.111. The van der Waals surface area contributed by atoms with Gasteiger partial charge in [-0.2, -0.15) is 0 Å². The number of rotatable bonds is 3. The fourth-order valence-electron chi connectivity index (χ4n) is 3.59. The van der Waals surface area contributed by atoms with Crippen LogP contribution >= 0.6 is 0 Å². The first-order chi connectivity index (χ1) is 8.66. The van der Waals surface area contributed by atoms with Crippen LogP contribution < -0.4 is 5.73 Å². The summed E-state index contributed by atoms with van der Waals surface area (Å²) in [6.07, 6.45) is 9.44. The highest BCUT2D eigenvalue weighted by Crippen LogP contribution is 2.24. The van der Waals surface area contributed by atoms with Gasteiger partial charge in [-0.15, -0.1) is 0 Å².